The molecule has 2 heterocycles. The van der Waals surface area contributed by atoms with E-state index in [4.69, 9.17) is 46.9 Å². The van der Waals surface area contributed by atoms with Gasteiger partial charge < -0.3 is 88.7 Å². The summed E-state index contributed by atoms with van der Waals surface area (Å²) in [5.41, 5.74) is 0. The Labute approximate surface area is 725 Å². The molecule has 2 saturated heterocycles. The Morgan fingerprint density at radius 3 is 0.992 bits per heavy atom. The maximum Gasteiger partial charge on any atom is 0.472 e. The van der Waals surface area contributed by atoms with Gasteiger partial charge in [-0.1, -0.05) is 388 Å². The second-order valence-electron chi connectivity index (χ2n) is 35.6. The number of hydrogen-bond donors (Lipinski definition) is 10. The maximum absolute atomic E-state index is 14.9. The summed E-state index contributed by atoms with van der Waals surface area (Å²) in [6, 6.07) is 0. The zero-order valence-electron chi connectivity index (χ0n) is 75.8. The Hall–Kier alpha value is -2.53. The van der Waals surface area contributed by atoms with Crippen molar-refractivity contribution in [2.75, 3.05) is 26.4 Å². The average Bonchev–Trinajstić information content (AvgIpc) is 0.753. The van der Waals surface area contributed by atoms with E-state index in [0.29, 0.717) is 38.0 Å². The number of phosphoric acid groups is 1. The van der Waals surface area contributed by atoms with Crippen LogP contribution >= 0.6 is 7.82 Å². The molecule has 19 unspecified atom stereocenters. The highest BCUT2D eigenvalue weighted by molar-refractivity contribution is 7.47. The highest BCUT2D eigenvalue weighted by atomic mass is 31.2. The minimum absolute atomic E-state index is 0.0201. The van der Waals surface area contributed by atoms with Crippen LogP contribution < -0.4 is 0 Å². The predicted octanol–water partition coefficient (Wildman–Crippen LogP) is 18.8. The number of carbonyl (C=O) groups excluding carboxylic acids is 4. The van der Waals surface area contributed by atoms with Crippen molar-refractivity contribution in [3.63, 3.8) is 0 Å². The number of rotatable bonds is 80. The Morgan fingerprint density at radius 1 is 0.325 bits per heavy atom. The minimum atomic E-state index is -5.81. The van der Waals surface area contributed by atoms with E-state index >= 15 is 0 Å². The van der Waals surface area contributed by atoms with Crippen molar-refractivity contribution in [2.24, 2.45) is 5.92 Å². The number of aliphatic hydroxyl groups is 9. The molecule has 2 aliphatic heterocycles. The van der Waals surface area contributed by atoms with Crippen molar-refractivity contribution in [3.8, 4) is 0 Å². The fraction of sp³-hybridized carbons (Fsp3) is 0.957. The molecule has 708 valence electrons. The standard InChI is InChI=1S/C94H177O25P/c1-6-10-14-18-22-25-28-31-33-35-38-40-43-46-53-60-66-78(97)111-72-76-82(101)84(103)88(107)94(115-76)118-91-89(116-80(99)68-62-56-48-45-42-39-36-34-32-29-26-23-19-15-11-7-2)85(104)86(105)90(117-93-87(106)83(102)81(100)75(69-95)114-93)92(91)119-120(108,109)112-71-74(113-79(98)67-61-55-47-44-41-37-30-27-24-20-16-12-8-3)70-110-77(96)65-59-54-50-49-52-58-64-73(5)63-57-51-21-17-13-9-4/h73-76,81-95,100-107H,6-72H2,1-5H3,(H,108,109). The molecule has 3 rings (SSSR count). The Kier molecular flexibility index (Phi) is 67.3. The molecule has 25 nitrogen and oxygen atoms in total. The van der Waals surface area contributed by atoms with Gasteiger partial charge in [-0.2, -0.15) is 0 Å². The second-order valence-corrected chi connectivity index (χ2v) is 37.0. The molecule has 0 amide bonds. The highest BCUT2D eigenvalue weighted by Crippen LogP contribution is 2.49. The predicted molar refractivity (Wildman–Crippen MR) is 467 cm³/mol. The van der Waals surface area contributed by atoms with Crippen molar-refractivity contribution in [2.45, 2.75) is 543 Å². The summed E-state index contributed by atoms with van der Waals surface area (Å²) in [4.78, 5) is 66.6. The van der Waals surface area contributed by atoms with Crippen molar-refractivity contribution in [1.82, 2.24) is 0 Å². The number of phosphoric ester groups is 1. The van der Waals surface area contributed by atoms with Crippen LogP contribution in [0.4, 0.5) is 0 Å². The van der Waals surface area contributed by atoms with E-state index in [2.05, 4.69) is 34.6 Å². The molecule has 3 fully saturated rings. The summed E-state index contributed by atoms with van der Waals surface area (Å²) >= 11 is 0. The van der Waals surface area contributed by atoms with E-state index in [-0.39, 0.29) is 25.7 Å². The van der Waals surface area contributed by atoms with Gasteiger partial charge in [-0.15, -0.1) is 0 Å². The monoisotopic (exact) mass is 1740 g/mol. The van der Waals surface area contributed by atoms with Gasteiger partial charge in [-0.25, -0.2) is 4.57 Å². The SMILES string of the molecule is CCCCCCCCCCCCCCCCCCC(=O)OCC1OC(OC2C(OC(=O)CCCCCCCCCCCCCCCCCC)C(O)C(O)C(OC3OC(CO)C(O)C(O)C3O)C2OP(=O)(O)OCC(COC(=O)CCCCCCCCC(C)CCCCCCCC)OC(=O)CCCCCCCCCCCCCCC)C(O)C(O)C1O. The van der Waals surface area contributed by atoms with Crippen molar-refractivity contribution >= 4 is 31.7 Å². The lowest BCUT2D eigenvalue weighted by molar-refractivity contribution is -0.360. The number of ether oxygens (including phenoxy) is 8. The number of aliphatic hydroxyl groups excluding tert-OH is 9. The van der Waals surface area contributed by atoms with Gasteiger partial charge in [0.25, 0.3) is 0 Å². The number of hydrogen-bond acceptors (Lipinski definition) is 24. The molecule has 19 atom stereocenters. The van der Waals surface area contributed by atoms with Crippen LogP contribution in [-0.2, 0) is 70.7 Å². The number of esters is 4. The summed E-state index contributed by atoms with van der Waals surface area (Å²) in [6.07, 6.45) is 29.3. The van der Waals surface area contributed by atoms with E-state index in [1.807, 2.05) is 0 Å². The van der Waals surface area contributed by atoms with Gasteiger partial charge in [-0.05, 0) is 31.6 Å². The van der Waals surface area contributed by atoms with Crippen LogP contribution in [0.15, 0.2) is 0 Å². The smallest absolute Gasteiger partial charge is 0.463 e. The number of unbranched alkanes of at least 4 members (excludes halogenated alkanes) is 52. The van der Waals surface area contributed by atoms with Gasteiger partial charge in [0.15, 0.2) is 24.8 Å². The molecule has 0 bridgehead atoms. The summed E-state index contributed by atoms with van der Waals surface area (Å²) in [6.45, 7) is 7.99. The summed E-state index contributed by atoms with van der Waals surface area (Å²) in [5, 5.41) is 102. The summed E-state index contributed by atoms with van der Waals surface area (Å²) in [7, 11) is -5.81. The molecule has 120 heavy (non-hydrogen) atoms. The molecule has 10 N–H and O–H groups in total. The van der Waals surface area contributed by atoms with Crippen LogP contribution in [-0.4, -0.2) is 205 Å². The average molecular weight is 1740 g/mol. The molecule has 26 heteroatoms. The van der Waals surface area contributed by atoms with Gasteiger partial charge >= 0.3 is 31.7 Å². The molecule has 0 aromatic carbocycles. The lowest BCUT2D eigenvalue weighted by atomic mass is 9.84. The van der Waals surface area contributed by atoms with Crippen LogP contribution in [0.1, 0.15) is 439 Å². The van der Waals surface area contributed by atoms with Gasteiger partial charge in [0.1, 0.15) is 92.6 Å². The molecular formula is C94H177O25P. The van der Waals surface area contributed by atoms with E-state index in [1.165, 1.54) is 218 Å². The highest BCUT2D eigenvalue weighted by Gasteiger charge is 2.60. The lowest BCUT2D eigenvalue weighted by Crippen LogP contribution is -2.70. The van der Waals surface area contributed by atoms with E-state index < -0.39 is 162 Å². The Balaban J connectivity index is 1.90. The van der Waals surface area contributed by atoms with Crippen molar-refractivity contribution in [1.29, 1.82) is 0 Å². The van der Waals surface area contributed by atoms with Crippen LogP contribution in [0.5, 0.6) is 0 Å². The van der Waals surface area contributed by atoms with Gasteiger partial charge in [0.05, 0.1) is 13.2 Å². The first kappa shape index (κ1) is 112. The van der Waals surface area contributed by atoms with Crippen LogP contribution in [0.3, 0.4) is 0 Å². The largest absolute Gasteiger partial charge is 0.472 e. The normalized spacial score (nSPS) is 24.9. The first-order valence-electron chi connectivity index (χ1n) is 49.2. The van der Waals surface area contributed by atoms with Gasteiger partial charge in [0.2, 0.25) is 0 Å². The van der Waals surface area contributed by atoms with Gasteiger partial charge in [-0.3, -0.25) is 28.2 Å². The molecule has 0 spiro atoms. The molecule has 0 aromatic rings. The summed E-state index contributed by atoms with van der Waals surface area (Å²) in [5.74, 6) is -2.25. The Bertz CT molecular complexity index is 2500. The first-order chi connectivity index (χ1) is 58.1. The van der Waals surface area contributed by atoms with Crippen LogP contribution in [0.25, 0.3) is 0 Å². The third-order valence-corrected chi connectivity index (χ3v) is 25.5. The fourth-order valence-corrected chi connectivity index (χ4v) is 17.6. The molecule has 0 radical (unpaired) electrons. The molecule has 1 aliphatic carbocycles. The summed E-state index contributed by atoms with van der Waals surface area (Å²) < 4.78 is 73.6. The maximum atomic E-state index is 14.9. The third kappa shape index (κ3) is 52.1. The zero-order chi connectivity index (χ0) is 87.6. The molecular weight excluding hydrogens is 1560 g/mol. The van der Waals surface area contributed by atoms with E-state index in [9.17, 15) is 74.6 Å². The Morgan fingerprint density at radius 2 is 0.625 bits per heavy atom. The van der Waals surface area contributed by atoms with Crippen LogP contribution in [0, 0.1) is 5.92 Å². The lowest BCUT2D eigenvalue weighted by Gasteiger charge is -2.50. The quantitative estimate of drug-likeness (QED) is 0.0117. The molecule has 0 aromatic heterocycles. The van der Waals surface area contributed by atoms with Crippen molar-refractivity contribution in [3.05, 3.63) is 0 Å². The zero-order valence-corrected chi connectivity index (χ0v) is 76.7. The van der Waals surface area contributed by atoms with Gasteiger partial charge in [0, 0.05) is 25.7 Å². The minimum Gasteiger partial charge on any atom is -0.463 e. The number of carbonyl (C=O) groups is 4. The molecule has 3 aliphatic rings. The first-order valence-corrected chi connectivity index (χ1v) is 50.7. The molecule has 1 saturated carbocycles. The third-order valence-electron chi connectivity index (χ3n) is 24.5. The van der Waals surface area contributed by atoms with E-state index in [1.54, 1.807) is 0 Å². The fourth-order valence-electron chi connectivity index (χ4n) is 16.6. The topological polar surface area (TPSA) is 380 Å². The van der Waals surface area contributed by atoms with Crippen molar-refractivity contribution < 1.29 is 122 Å². The van der Waals surface area contributed by atoms with Crippen LogP contribution in [0.2, 0.25) is 0 Å². The second kappa shape index (κ2) is 72.4. The van der Waals surface area contributed by atoms with E-state index in [0.717, 1.165) is 128 Å².